The first-order valence-electron chi connectivity index (χ1n) is 7.77. The van der Waals surface area contributed by atoms with Crippen molar-refractivity contribution in [3.63, 3.8) is 0 Å². The molecule has 0 unspecified atom stereocenters. The summed E-state index contributed by atoms with van der Waals surface area (Å²) in [5, 5.41) is 8.29. The summed E-state index contributed by atoms with van der Waals surface area (Å²) in [5.41, 5.74) is 4.61. The summed E-state index contributed by atoms with van der Waals surface area (Å²) in [7, 11) is 0. The molecule has 25 heavy (non-hydrogen) atoms. The molecule has 0 atom stereocenters. The van der Waals surface area contributed by atoms with Gasteiger partial charge in [-0.15, -0.1) is 10.2 Å². The van der Waals surface area contributed by atoms with Gasteiger partial charge in [0, 0.05) is 17.5 Å². The van der Waals surface area contributed by atoms with Crippen molar-refractivity contribution in [3.05, 3.63) is 64.5 Å². The third kappa shape index (κ3) is 2.94. The van der Waals surface area contributed by atoms with E-state index in [-0.39, 0.29) is 5.91 Å². The van der Waals surface area contributed by atoms with Crippen LogP contribution in [0, 0.1) is 0 Å². The smallest absolute Gasteiger partial charge is 0.247 e. The number of amides is 1. The zero-order chi connectivity index (χ0) is 17.4. The van der Waals surface area contributed by atoms with E-state index in [1.54, 1.807) is 17.9 Å². The standard InChI is InChI=1S/C19H14ClN3O2/c1-12(24)23-10-16-5-4-15(19-22-21-11-25-19)8-13(16)2-3-14-9-17(20)6-7-18(14)23/h2-9,11H,10H2,1H3. The van der Waals surface area contributed by atoms with Crippen molar-refractivity contribution in [1.29, 1.82) is 0 Å². The number of aromatic nitrogens is 2. The monoisotopic (exact) mass is 351 g/mol. The van der Waals surface area contributed by atoms with Crippen LogP contribution in [0.3, 0.4) is 0 Å². The van der Waals surface area contributed by atoms with E-state index in [9.17, 15) is 4.79 Å². The van der Waals surface area contributed by atoms with Crippen molar-refractivity contribution < 1.29 is 9.21 Å². The van der Waals surface area contributed by atoms with Gasteiger partial charge in [-0.05, 0) is 47.0 Å². The largest absolute Gasteiger partial charge is 0.423 e. The second-order valence-corrected chi connectivity index (χ2v) is 6.24. The van der Waals surface area contributed by atoms with Crippen molar-refractivity contribution in [1.82, 2.24) is 10.2 Å². The maximum absolute atomic E-state index is 12.2. The van der Waals surface area contributed by atoms with Crippen LogP contribution in [0.4, 0.5) is 5.69 Å². The van der Waals surface area contributed by atoms with Crippen LogP contribution in [0.1, 0.15) is 23.6 Å². The average molecular weight is 352 g/mol. The summed E-state index contributed by atoms with van der Waals surface area (Å²) in [5.74, 6) is 0.441. The van der Waals surface area contributed by atoms with Crippen LogP contribution < -0.4 is 4.90 Å². The van der Waals surface area contributed by atoms with Gasteiger partial charge in [0.15, 0.2) is 0 Å². The number of anilines is 1. The third-order valence-corrected chi connectivity index (χ3v) is 4.42. The van der Waals surface area contributed by atoms with E-state index in [0.29, 0.717) is 17.5 Å². The molecule has 0 fully saturated rings. The number of halogens is 1. The summed E-state index contributed by atoms with van der Waals surface area (Å²) >= 11 is 6.13. The summed E-state index contributed by atoms with van der Waals surface area (Å²) in [6.45, 7) is 2.05. The fourth-order valence-electron chi connectivity index (χ4n) is 2.95. The van der Waals surface area contributed by atoms with Gasteiger partial charge in [0.1, 0.15) is 0 Å². The van der Waals surface area contributed by atoms with Crippen LogP contribution >= 0.6 is 11.6 Å². The lowest BCUT2D eigenvalue weighted by molar-refractivity contribution is -0.116. The number of nitrogens with zero attached hydrogens (tertiary/aromatic N) is 3. The summed E-state index contributed by atoms with van der Waals surface area (Å²) in [4.78, 5) is 14.0. The molecule has 0 saturated carbocycles. The molecule has 3 aromatic rings. The highest BCUT2D eigenvalue weighted by Gasteiger charge is 2.19. The first-order chi connectivity index (χ1) is 12.1. The zero-order valence-electron chi connectivity index (χ0n) is 13.4. The lowest BCUT2D eigenvalue weighted by atomic mass is 9.99. The molecule has 4 rings (SSSR count). The van der Waals surface area contributed by atoms with Crippen LogP contribution in [-0.2, 0) is 11.3 Å². The minimum atomic E-state index is -0.0224. The Bertz CT molecular complexity index is 980. The van der Waals surface area contributed by atoms with Gasteiger partial charge in [-0.25, -0.2) is 0 Å². The molecule has 2 aromatic carbocycles. The molecule has 1 aliphatic heterocycles. The molecule has 6 heteroatoms. The summed E-state index contributed by atoms with van der Waals surface area (Å²) < 4.78 is 5.27. The van der Waals surface area contributed by atoms with Gasteiger partial charge >= 0.3 is 0 Å². The number of hydrogen-bond acceptors (Lipinski definition) is 4. The Morgan fingerprint density at radius 1 is 1.16 bits per heavy atom. The van der Waals surface area contributed by atoms with Gasteiger partial charge in [-0.1, -0.05) is 29.8 Å². The van der Waals surface area contributed by atoms with Crippen molar-refractivity contribution in [2.45, 2.75) is 13.5 Å². The molecule has 1 aromatic heterocycles. The van der Waals surface area contributed by atoms with Gasteiger partial charge in [0.25, 0.3) is 0 Å². The van der Waals surface area contributed by atoms with Crippen LogP contribution in [0.5, 0.6) is 0 Å². The topological polar surface area (TPSA) is 59.2 Å². The highest BCUT2D eigenvalue weighted by molar-refractivity contribution is 6.30. The fourth-order valence-corrected chi connectivity index (χ4v) is 3.13. The first-order valence-corrected chi connectivity index (χ1v) is 8.15. The van der Waals surface area contributed by atoms with Gasteiger partial charge < -0.3 is 9.32 Å². The van der Waals surface area contributed by atoms with Crippen LogP contribution in [0.15, 0.2) is 47.2 Å². The van der Waals surface area contributed by atoms with E-state index in [2.05, 4.69) is 10.2 Å². The Morgan fingerprint density at radius 3 is 2.76 bits per heavy atom. The quantitative estimate of drug-likeness (QED) is 0.651. The van der Waals surface area contributed by atoms with Gasteiger partial charge in [0.05, 0.1) is 12.2 Å². The van der Waals surface area contributed by atoms with Crippen LogP contribution in [0.2, 0.25) is 5.02 Å². The summed E-state index contributed by atoms with van der Waals surface area (Å²) in [6.07, 6.45) is 5.28. The molecule has 0 aliphatic carbocycles. The van der Waals surface area contributed by atoms with Gasteiger partial charge in [-0.3, -0.25) is 4.79 Å². The lowest BCUT2D eigenvalue weighted by Crippen LogP contribution is -2.29. The molecule has 0 bridgehead atoms. The van der Waals surface area contributed by atoms with E-state index >= 15 is 0 Å². The SMILES string of the molecule is CC(=O)N1Cc2ccc(-c3nnco3)cc2C=Cc2cc(Cl)ccc21. The average Bonchev–Trinajstić information content (AvgIpc) is 3.11. The Labute approximate surface area is 149 Å². The predicted molar refractivity (Wildman–Crippen MR) is 97.0 cm³/mol. The van der Waals surface area contributed by atoms with E-state index in [1.165, 1.54) is 6.39 Å². The molecule has 0 spiro atoms. The Kier molecular flexibility index (Phi) is 3.86. The van der Waals surface area contributed by atoms with Gasteiger partial charge in [0.2, 0.25) is 18.2 Å². The molecule has 1 aliphatic rings. The maximum atomic E-state index is 12.2. The molecule has 5 nitrogen and oxygen atoms in total. The first kappa shape index (κ1) is 15.6. The zero-order valence-corrected chi connectivity index (χ0v) is 14.2. The number of carbonyl (C=O) groups excluding carboxylic acids is 1. The van der Waals surface area contributed by atoms with Gasteiger partial charge in [-0.2, -0.15) is 0 Å². The van der Waals surface area contributed by atoms with Crippen molar-refractivity contribution >= 4 is 35.3 Å². The molecule has 2 heterocycles. The number of carbonyl (C=O) groups is 1. The van der Waals surface area contributed by atoms with Crippen molar-refractivity contribution in [3.8, 4) is 11.5 Å². The van der Waals surface area contributed by atoms with Crippen LogP contribution in [0.25, 0.3) is 23.6 Å². The second-order valence-electron chi connectivity index (χ2n) is 5.80. The number of hydrogen-bond donors (Lipinski definition) is 0. The van der Waals surface area contributed by atoms with Crippen molar-refractivity contribution in [2.24, 2.45) is 0 Å². The van der Waals surface area contributed by atoms with E-state index in [4.69, 9.17) is 16.0 Å². The van der Waals surface area contributed by atoms with E-state index in [1.807, 2.05) is 42.5 Å². The molecule has 0 radical (unpaired) electrons. The maximum Gasteiger partial charge on any atom is 0.247 e. The molecule has 1 amide bonds. The Balaban J connectivity index is 1.86. The number of rotatable bonds is 1. The summed E-state index contributed by atoms with van der Waals surface area (Å²) in [6, 6.07) is 11.4. The molecule has 0 N–H and O–H groups in total. The Hall–Kier alpha value is -2.92. The highest BCUT2D eigenvalue weighted by Crippen LogP contribution is 2.32. The minimum absolute atomic E-state index is 0.0224. The third-order valence-electron chi connectivity index (χ3n) is 4.18. The number of benzene rings is 2. The Morgan fingerprint density at radius 2 is 2.00 bits per heavy atom. The minimum Gasteiger partial charge on any atom is -0.423 e. The normalized spacial score (nSPS) is 13.0. The molecular weight excluding hydrogens is 338 g/mol. The predicted octanol–water partition coefficient (Wildman–Crippen LogP) is 4.43. The highest BCUT2D eigenvalue weighted by atomic mass is 35.5. The lowest BCUT2D eigenvalue weighted by Gasteiger charge is -2.26. The molecule has 124 valence electrons. The number of fused-ring (bicyclic) bond motifs is 2. The second kappa shape index (κ2) is 6.18. The molecule has 0 saturated heterocycles. The molecular formula is C19H14ClN3O2. The van der Waals surface area contributed by atoms with E-state index < -0.39 is 0 Å². The van der Waals surface area contributed by atoms with E-state index in [0.717, 1.165) is 27.9 Å². The fraction of sp³-hybridized carbons (Fsp3) is 0.105. The van der Waals surface area contributed by atoms with Crippen LogP contribution in [-0.4, -0.2) is 16.1 Å². The van der Waals surface area contributed by atoms with Crippen molar-refractivity contribution in [2.75, 3.05) is 4.90 Å².